The van der Waals surface area contributed by atoms with Crippen molar-refractivity contribution in [3.05, 3.63) is 54.1 Å². The Labute approximate surface area is 136 Å². The normalized spacial score (nSPS) is 10.0. The van der Waals surface area contributed by atoms with Gasteiger partial charge in [-0.05, 0) is 36.8 Å². The highest BCUT2D eigenvalue weighted by Crippen LogP contribution is 2.27. The van der Waals surface area contributed by atoms with Crippen molar-refractivity contribution in [2.24, 2.45) is 0 Å². The molecule has 0 aliphatic rings. The maximum absolute atomic E-state index is 11.8. The highest BCUT2D eigenvalue weighted by molar-refractivity contribution is 5.77. The molecule has 0 atom stereocenters. The SMILES string of the molecule is CCOc1ccc(CNC(=O)COc2ccccc2)cc1OC. The number of benzene rings is 2. The van der Waals surface area contributed by atoms with Gasteiger partial charge in [-0.15, -0.1) is 0 Å². The van der Waals surface area contributed by atoms with Crippen molar-refractivity contribution in [3.63, 3.8) is 0 Å². The number of carbonyl (C=O) groups is 1. The van der Waals surface area contributed by atoms with Crippen LogP contribution in [0.25, 0.3) is 0 Å². The van der Waals surface area contributed by atoms with Gasteiger partial charge in [0.25, 0.3) is 5.91 Å². The first-order chi connectivity index (χ1) is 11.2. The fraction of sp³-hybridized carbons (Fsp3) is 0.278. The molecule has 0 heterocycles. The summed E-state index contributed by atoms with van der Waals surface area (Å²) in [5, 5.41) is 2.81. The van der Waals surface area contributed by atoms with Crippen LogP contribution in [0.1, 0.15) is 12.5 Å². The summed E-state index contributed by atoms with van der Waals surface area (Å²) in [7, 11) is 1.59. The minimum Gasteiger partial charge on any atom is -0.493 e. The quantitative estimate of drug-likeness (QED) is 0.814. The summed E-state index contributed by atoms with van der Waals surface area (Å²) in [5.41, 5.74) is 0.929. The van der Waals surface area contributed by atoms with Gasteiger partial charge in [-0.2, -0.15) is 0 Å². The average molecular weight is 315 g/mol. The Bertz CT molecular complexity index is 628. The van der Waals surface area contributed by atoms with Gasteiger partial charge in [0.2, 0.25) is 0 Å². The largest absolute Gasteiger partial charge is 0.493 e. The van der Waals surface area contributed by atoms with Crippen LogP contribution in [0.2, 0.25) is 0 Å². The number of amides is 1. The fourth-order valence-corrected chi connectivity index (χ4v) is 2.01. The van der Waals surface area contributed by atoms with E-state index in [1.807, 2.05) is 55.5 Å². The Morgan fingerprint density at radius 1 is 1.04 bits per heavy atom. The molecule has 0 radical (unpaired) electrons. The average Bonchev–Trinajstić information content (AvgIpc) is 2.60. The first kappa shape index (κ1) is 16.7. The first-order valence-electron chi connectivity index (χ1n) is 7.47. The zero-order chi connectivity index (χ0) is 16.5. The Morgan fingerprint density at radius 2 is 1.83 bits per heavy atom. The second-order valence-electron chi connectivity index (χ2n) is 4.80. The lowest BCUT2D eigenvalue weighted by molar-refractivity contribution is -0.123. The Balaban J connectivity index is 1.84. The van der Waals surface area contributed by atoms with Crippen molar-refractivity contribution in [2.75, 3.05) is 20.3 Å². The molecule has 0 aliphatic heterocycles. The zero-order valence-electron chi connectivity index (χ0n) is 13.4. The lowest BCUT2D eigenvalue weighted by atomic mass is 10.2. The number of para-hydroxylation sites is 1. The molecule has 2 aromatic carbocycles. The van der Waals surface area contributed by atoms with Crippen molar-refractivity contribution in [1.29, 1.82) is 0 Å². The van der Waals surface area contributed by atoms with Crippen LogP contribution in [0.4, 0.5) is 0 Å². The van der Waals surface area contributed by atoms with Gasteiger partial charge in [-0.25, -0.2) is 0 Å². The molecular formula is C18H21NO4. The molecule has 0 spiro atoms. The van der Waals surface area contributed by atoms with Gasteiger partial charge in [0.15, 0.2) is 18.1 Å². The van der Waals surface area contributed by atoms with E-state index in [9.17, 15) is 4.79 Å². The molecule has 1 amide bonds. The third-order valence-electron chi connectivity index (χ3n) is 3.13. The zero-order valence-corrected chi connectivity index (χ0v) is 13.4. The van der Waals surface area contributed by atoms with Crippen LogP contribution in [0, 0.1) is 0 Å². The lowest BCUT2D eigenvalue weighted by Gasteiger charge is -2.12. The van der Waals surface area contributed by atoms with E-state index >= 15 is 0 Å². The molecule has 0 fully saturated rings. The predicted molar refractivity (Wildman–Crippen MR) is 87.9 cm³/mol. The Morgan fingerprint density at radius 3 is 2.52 bits per heavy atom. The summed E-state index contributed by atoms with van der Waals surface area (Å²) in [6.07, 6.45) is 0. The molecule has 0 aromatic heterocycles. The lowest BCUT2D eigenvalue weighted by Crippen LogP contribution is -2.28. The molecule has 2 aromatic rings. The van der Waals surface area contributed by atoms with Crippen LogP contribution in [0.5, 0.6) is 17.2 Å². The topological polar surface area (TPSA) is 56.8 Å². The van der Waals surface area contributed by atoms with Crippen LogP contribution in [0.15, 0.2) is 48.5 Å². The van der Waals surface area contributed by atoms with Gasteiger partial charge in [0.05, 0.1) is 13.7 Å². The van der Waals surface area contributed by atoms with E-state index < -0.39 is 0 Å². The molecule has 0 unspecified atom stereocenters. The minimum absolute atomic E-state index is 0.0157. The van der Waals surface area contributed by atoms with E-state index in [0.29, 0.717) is 30.4 Å². The van der Waals surface area contributed by atoms with E-state index in [1.54, 1.807) is 7.11 Å². The summed E-state index contributed by atoms with van der Waals surface area (Å²) in [5.74, 6) is 1.84. The van der Waals surface area contributed by atoms with Crippen molar-refractivity contribution in [1.82, 2.24) is 5.32 Å². The summed E-state index contributed by atoms with van der Waals surface area (Å²) in [6.45, 7) is 2.88. The first-order valence-corrected chi connectivity index (χ1v) is 7.47. The highest BCUT2D eigenvalue weighted by Gasteiger charge is 2.07. The third-order valence-corrected chi connectivity index (χ3v) is 3.13. The van der Waals surface area contributed by atoms with E-state index in [0.717, 1.165) is 5.56 Å². The van der Waals surface area contributed by atoms with Crippen LogP contribution in [-0.4, -0.2) is 26.2 Å². The second-order valence-corrected chi connectivity index (χ2v) is 4.80. The monoisotopic (exact) mass is 315 g/mol. The van der Waals surface area contributed by atoms with Gasteiger partial charge in [0, 0.05) is 6.54 Å². The van der Waals surface area contributed by atoms with Crippen molar-refractivity contribution in [2.45, 2.75) is 13.5 Å². The van der Waals surface area contributed by atoms with Gasteiger partial charge in [0.1, 0.15) is 5.75 Å². The van der Waals surface area contributed by atoms with Crippen LogP contribution < -0.4 is 19.5 Å². The number of rotatable bonds is 8. The molecule has 0 aliphatic carbocycles. The van der Waals surface area contributed by atoms with Crippen molar-refractivity contribution >= 4 is 5.91 Å². The maximum Gasteiger partial charge on any atom is 0.258 e. The molecule has 0 saturated heterocycles. The number of hydrogen-bond donors (Lipinski definition) is 1. The number of nitrogens with one attached hydrogen (secondary N) is 1. The van der Waals surface area contributed by atoms with Crippen LogP contribution in [0.3, 0.4) is 0 Å². The van der Waals surface area contributed by atoms with E-state index in [1.165, 1.54) is 0 Å². The smallest absolute Gasteiger partial charge is 0.258 e. The molecule has 23 heavy (non-hydrogen) atoms. The molecule has 1 N–H and O–H groups in total. The molecule has 2 rings (SSSR count). The second kappa shape index (κ2) is 8.68. The molecule has 0 bridgehead atoms. The third kappa shape index (κ3) is 5.21. The number of carbonyl (C=O) groups excluding carboxylic acids is 1. The summed E-state index contributed by atoms with van der Waals surface area (Å²) < 4.78 is 16.1. The molecule has 5 nitrogen and oxygen atoms in total. The maximum atomic E-state index is 11.8. The standard InChI is InChI=1S/C18H21NO4/c1-3-22-16-10-9-14(11-17(16)21-2)12-19-18(20)13-23-15-7-5-4-6-8-15/h4-11H,3,12-13H2,1-2H3,(H,19,20). The van der Waals surface area contributed by atoms with Crippen LogP contribution >= 0.6 is 0 Å². The number of methoxy groups -OCH3 is 1. The van der Waals surface area contributed by atoms with Gasteiger partial charge < -0.3 is 19.5 Å². The molecule has 122 valence electrons. The van der Waals surface area contributed by atoms with E-state index in [-0.39, 0.29) is 12.5 Å². The number of ether oxygens (including phenoxy) is 3. The minimum atomic E-state index is -0.179. The van der Waals surface area contributed by atoms with E-state index in [4.69, 9.17) is 14.2 Å². The molecule has 0 saturated carbocycles. The predicted octanol–water partition coefficient (Wildman–Crippen LogP) is 2.79. The number of hydrogen-bond acceptors (Lipinski definition) is 4. The Hall–Kier alpha value is -2.69. The van der Waals surface area contributed by atoms with Crippen molar-refractivity contribution < 1.29 is 19.0 Å². The summed E-state index contributed by atoms with van der Waals surface area (Å²) in [4.78, 5) is 11.8. The van der Waals surface area contributed by atoms with Gasteiger partial charge in [-0.1, -0.05) is 24.3 Å². The van der Waals surface area contributed by atoms with Crippen molar-refractivity contribution in [3.8, 4) is 17.2 Å². The Kier molecular flexibility index (Phi) is 6.29. The fourth-order valence-electron chi connectivity index (χ4n) is 2.01. The molecule has 5 heteroatoms. The summed E-state index contributed by atoms with van der Waals surface area (Å²) in [6, 6.07) is 14.8. The highest BCUT2D eigenvalue weighted by atomic mass is 16.5. The van der Waals surface area contributed by atoms with Crippen LogP contribution in [-0.2, 0) is 11.3 Å². The molecular weight excluding hydrogens is 294 g/mol. The van der Waals surface area contributed by atoms with Gasteiger partial charge in [-0.3, -0.25) is 4.79 Å². The summed E-state index contributed by atoms with van der Waals surface area (Å²) >= 11 is 0. The van der Waals surface area contributed by atoms with Gasteiger partial charge >= 0.3 is 0 Å². The van der Waals surface area contributed by atoms with E-state index in [2.05, 4.69) is 5.32 Å².